The van der Waals surface area contributed by atoms with Crippen molar-refractivity contribution in [2.75, 3.05) is 0 Å². The summed E-state index contributed by atoms with van der Waals surface area (Å²) in [6.07, 6.45) is 3.30. The van der Waals surface area contributed by atoms with Gasteiger partial charge in [0.05, 0.1) is 6.04 Å². The third-order valence-corrected chi connectivity index (χ3v) is 4.45. The van der Waals surface area contributed by atoms with Gasteiger partial charge in [0.1, 0.15) is 5.82 Å². The van der Waals surface area contributed by atoms with Crippen LogP contribution >= 0.6 is 0 Å². The Bertz CT molecular complexity index is 740. The van der Waals surface area contributed by atoms with E-state index in [0.717, 1.165) is 19.3 Å². The number of Topliss-reactive ketones (excluding diaryl/α,β-unsaturated/α-hetero) is 1. The van der Waals surface area contributed by atoms with E-state index in [-0.39, 0.29) is 36.4 Å². The molecule has 0 spiro atoms. The molecule has 0 heterocycles. The van der Waals surface area contributed by atoms with Crippen LogP contribution in [0.25, 0.3) is 0 Å². The lowest BCUT2D eigenvalue weighted by atomic mass is 9.87. The maximum Gasteiger partial charge on any atom is 0.220 e. The minimum absolute atomic E-state index is 0.0309. The lowest BCUT2D eigenvalue weighted by molar-refractivity contribution is -0.121. The van der Waals surface area contributed by atoms with Gasteiger partial charge in [0.15, 0.2) is 5.78 Å². The average Bonchev–Trinajstić information content (AvgIpc) is 2.61. The van der Waals surface area contributed by atoms with E-state index in [2.05, 4.69) is 17.4 Å². The van der Waals surface area contributed by atoms with Gasteiger partial charge in [-0.2, -0.15) is 0 Å². The third kappa shape index (κ3) is 3.88. The molecule has 0 radical (unpaired) electrons. The Balaban J connectivity index is 1.55. The highest BCUT2D eigenvalue weighted by molar-refractivity contribution is 5.97. The van der Waals surface area contributed by atoms with Gasteiger partial charge < -0.3 is 5.32 Å². The van der Waals surface area contributed by atoms with Gasteiger partial charge in [-0.25, -0.2) is 4.39 Å². The molecule has 1 atom stereocenters. The Morgan fingerprint density at radius 1 is 1.04 bits per heavy atom. The fourth-order valence-electron chi connectivity index (χ4n) is 3.18. The number of aryl methyl sites for hydroxylation is 1. The summed E-state index contributed by atoms with van der Waals surface area (Å²) in [5.41, 5.74) is 2.91. The summed E-state index contributed by atoms with van der Waals surface area (Å²) in [4.78, 5) is 24.2. The lowest BCUT2D eigenvalue weighted by Crippen LogP contribution is -2.31. The maximum absolute atomic E-state index is 12.9. The van der Waals surface area contributed by atoms with Gasteiger partial charge in [0.2, 0.25) is 5.91 Å². The van der Waals surface area contributed by atoms with Crippen LogP contribution < -0.4 is 5.32 Å². The number of carbonyl (C=O) groups is 2. The molecule has 2 aromatic rings. The molecule has 4 heteroatoms. The molecule has 24 heavy (non-hydrogen) atoms. The highest BCUT2D eigenvalue weighted by Crippen LogP contribution is 2.29. The van der Waals surface area contributed by atoms with Crippen LogP contribution in [0.2, 0.25) is 0 Å². The van der Waals surface area contributed by atoms with Crippen LogP contribution in [-0.2, 0) is 11.2 Å². The van der Waals surface area contributed by atoms with Crippen molar-refractivity contribution in [2.24, 2.45) is 0 Å². The summed E-state index contributed by atoms with van der Waals surface area (Å²) >= 11 is 0. The number of hydrogen-bond acceptors (Lipinski definition) is 2. The molecular formula is C20H20FNO2. The molecule has 1 aliphatic rings. The average molecular weight is 325 g/mol. The van der Waals surface area contributed by atoms with Crippen LogP contribution in [0.4, 0.5) is 4.39 Å². The molecule has 1 N–H and O–H groups in total. The van der Waals surface area contributed by atoms with Crippen molar-refractivity contribution in [3.05, 3.63) is 71.0 Å². The normalized spacial score (nSPS) is 16.3. The third-order valence-electron chi connectivity index (χ3n) is 4.45. The van der Waals surface area contributed by atoms with Crippen molar-refractivity contribution in [2.45, 2.75) is 38.1 Å². The fraction of sp³-hybridized carbons (Fsp3) is 0.300. The van der Waals surface area contributed by atoms with E-state index in [0.29, 0.717) is 5.56 Å². The second kappa shape index (κ2) is 7.39. The smallest absolute Gasteiger partial charge is 0.220 e. The van der Waals surface area contributed by atoms with Gasteiger partial charge in [-0.1, -0.05) is 24.3 Å². The molecule has 2 aromatic carbocycles. The van der Waals surface area contributed by atoms with Crippen LogP contribution in [0.1, 0.15) is 53.2 Å². The predicted octanol–water partition coefficient (Wildman–Crippen LogP) is 3.98. The zero-order valence-corrected chi connectivity index (χ0v) is 13.4. The van der Waals surface area contributed by atoms with E-state index in [1.54, 1.807) is 0 Å². The summed E-state index contributed by atoms with van der Waals surface area (Å²) in [5, 5.41) is 3.04. The molecule has 124 valence electrons. The molecule has 0 unspecified atom stereocenters. The standard InChI is InChI=1S/C20H20FNO2/c21-16-10-8-15(9-11-16)19(23)12-13-20(24)22-18-7-3-5-14-4-1-2-6-17(14)18/h1-2,4,6,8-11,18H,3,5,7,12-13H2,(H,22,24)/t18-/m1/s1. The van der Waals surface area contributed by atoms with Crippen molar-refractivity contribution < 1.29 is 14.0 Å². The van der Waals surface area contributed by atoms with Crippen molar-refractivity contribution in [3.63, 3.8) is 0 Å². The van der Waals surface area contributed by atoms with Crippen LogP contribution in [0.15, 0.2) is 48.5 Å². The monoisotopic (exact) mass is 325 g/mol. The number of nitrogens with one attached hydrogen (secondary N) is 1. The SMILES string of the molecule is O=C(CCC(=O)c1ccc(F)cc1)N[C@@H]1CCCc2ccccc21. The van der Waals surface area contributed by atoms with Gasteiger partial charge in [0, 0.05) is 18.4 Å². The Kier molecular flexibility index (Phi) is 5.04. The molecule has 1 aliphatic carbocycles. The molecule has 0 saturated heterocycles. The van der Waals surface area contributed by atoms with Crippen molar-refractivity contribution in [1.82, 2.24) is 5.32 Å². The quantitative estimate of drug-likeness (QED) is 0.845. The molecule has 3 nitrogen and oxygen atoms in total. The summed E-state index contributed by atoms with van der Waals surface area (Å²) in [6.45, 7) is 0. The first-order chi connectivity index (χ1) is 11.6. The van der Waals surface area contributed by atoms with E-state index < -0.39 is 0 Å². The summed E-state index contributed by atoms with van der Waals surface area (Å²) in [7, 11) is 0. The van der Waals surface area contributed by atoms with Gasteiger partial charge >= 0.3 is 0 Å². The molecule has 0 aromatic heterocycles. The Morgan fingerprint density at radius 2 is 1.79 bits per heavy atom. The summed E-state index contributed by atoms with van der Waals surface area (Å²) in [5.74, 6) is -0.637. The highest BCUT2D eigenvalue weighted by atomic mass is 19.1. The van der Waals surface area contributed by atoms with Crippen molar-refractivity contribution in [3.8, 4) is 0 Å². The largest absolute Gasteiger partial charge is 0.349 e. The van der Waals surface area contributed by atoms with E-state index >= 15 is 0 Å². The molecular weight excluding hydrogens is 305 g/mol. The molecule has 0 saturated carbocycles. The first kappa shape index (κ1) is 16.4. The minimum atomic E-state index is -0.375. The lowest BCUT2D eigenvalue weighted by Gasteiger charge is -2.26. The van der Waals surface area contributed by atoms with E-state index in [1.165, 1.54) is 35.4 Å². The van der Waals surface area contributed by atoms with Crippen molar-refractivity contribution in [1.29, 1.82) is 0 Å². The number of hydrogen-bond donors (Lipinski definition) is 1. The number of rotatable bonds is 5. The van der Waals surface area contributed by atoms with E-state index in [1.807, 2.05) is 12.1 Å². The first-order valence-electron chi connectivity index (χ1n) is 8.29. The van der Waals surface area contributed by atoms with Gasteiger partial charge in [-0.05, 0) is 54.7 Å². The molecule has 0 aliphatic heterocycles. The fourth-order valence-corrected chi connectivity index (χ4v) is 3.18. The summed E-state index contributed by atoms with van der Waals surface area (Å²) in [6, 6.07) is 13.6. The molecule has 0 fully saturated rings. The minimum Gasteiger partial charge on any atom is -0.349 e. The zero-order chi connectivity index (χ0) is 16.9. The maximum atomic E-state index is 12.9. The Labute approximate surface area is 140 Å². The Morgan fingerprint density at radius 3 is 2.58 bits per heavy atom. The first-order valence-corrected chi connectivity index (χ1v) is 8.29. The number of carbonyl (C=O) groups excluding carboxylic acids is 2. The van der Waals surface area contributed by atoms with E-state index in [9.17, 15) is 14.0 Å². The second-order valence-corrected chi connectivity index (χ2v) is 6.14. The predicted molar refractivity (Wildman–Crippen MR) is 90.2 cm³/mol. The van der Waals surface area contributed by atoms with E-state index in [4.69, 9.17) is 0 Å². The number of amides is 1. The number of fused-ring (bicyclic) bond motifs is 1. The number of halogens is 1. The Hall–Kier alpha value is -2.49. The summed E-state index contributed by atoms with van der Waals surface area (Å²) < 4.78 is 12.9. The van der Waals surface area contributed by atoms with Crippen LogP contribution in [0, 0.1) is 5.82 Å². The zero-order valence-electron chi connectivity index (χ0n) is 13.4. The molecule has 1 amide bonds. The van der Waals surface area contributed by atoms with Gasteiger partial charge in [-0.15, -0.1) is 0 Å². The second-order valence-electron chi connectivity index (χ2n) is 6.14. The van der Waals surface area contributed by atoms with Crippen LogP contribution in [-0.4, -0.2) is 11.7 Å². The van der Waals surface area contributed by atoms with Crippen molar-refractivity contribution >= 4 is 11.7 Å². The van der Waals surface area contributed by atoms with Crippen LogP contribution in [0.3, 0.4) is 0 Å². The number of ketones is 1. The molecule has 3 rings (SSSR count). The van der Waals surface area contributed by atoms with Gasteiger partial charge in [-0.3, -0.25) is 9.59 Å². The molecule has 0 bridgehead atoms. The van der Waals surface area contributed by atoms with Gasteiger partial charge in [0.25, 0.3) is 0 Å². The highest BCUT2D eigenvalue weighted by Gasteiger charge is 2.21. The van der Waals surface area contributed by atoms with Crippen LogP contribution in [0.5, 0.6) is 0 Å². The topological polar surface area (TPSA) is 46.2 Å². The number of benzene rings is 2.